The molecule has 0 spiro atoms. The van der Waals surface area contributed by atoms with Crippen LogP contribution in [0.5, 0.6) is 0 Å². The topological polar surface area (TPSA) is 110 Å². The molecule has 1 aromatic carbocycles. The molecule has 1 saturated heterocycles. The number of halogens is 1. The molecule has 0 bridgehead atoms. The number of likely N-dealkylation sites (tertiary alicyclic amines) is 1. The predicted molar refractivity (Wildman–Crippen MR) is 109 cm³/mol. The molecule has 1 amide bonds. The Kier molecular flexibility index (Phi) is 5.82. The third-order valence-electron chi connectivity index (χ3n) is 4.89. The number of carbonyl (C=O) groups is 1. The van der Waals surface area contributed by atoms with Gasteiger partial charge in [-0.3, -0.25) is 4.79 Å². The lowest BCUT2D eigenvalue weighted by molar-refractivity contribution is 0.0900. The van der Waals surface area contributed by atoms with Crippen LogP contribution in [0, 0.1) is 0 Å². The molecular formula is C19H25ClN6O. The normalized spacial score (nSPS) is 15.9. The van der Waals surface area contributed by atoms with Gasteiger partial charge in [0.05, 0.1) is 5.69 Å². The summed E-state index contributed by atoms with van der Waals surface area (Å²) >= 11 is 6.22. The second-order valence-electron chi connectivity index (χ2n) is 7.09. The van der Waals surface area contributed by atoms with E-state index >= 15 is 0 Å². The van der Waals surface area contributed by atoms with Crippen molar-refractivity contribution in [3.8, 4) is 11.3 Å². The Balaban J connectivity index is 1.73. The van der Waals surface area contributed by atoms with Gasteiger partial charge in [-0.15, -0.1) is 0 Å². The molecule has 0 aliphatic carbocycles. The third kappa shape index (κ3) is 4.48. The quantitative estimate of drug-likeness (QED) is 0.742. The highest BCUT2D eigenvalue weighted by atomic mass is 35.5. The van der Waals surface area contributed by atoms with Crippen molar-refractivity contribution in [2.45, 2.75) is 38.8 Å². The van der Waals surface area contributed by atoms with Crippen molar-refractivity contribution < 1.29 is 4.79 Å². The number of carbonyl (C=O) groups excluding carboxylic acids is 1. The average molecular weight is 389 g/mol. The second kappa shape index (κ2) is 8.10. The molecule has 144 valence electrons. The standard InChI is InChI=1S/C19H25ClN6O/c1-11(2)26-8-6-14(7-9-26)23-18(27)13-5-3-4-12(10-13)16-15(20)17(21)25-19(22)24-16/h3-5,10-11,14H,6-9H2,1-2H3,(H,23,27)(H4,21,22,24,25). The van der Waals surface area contributed by atoms with E-state index in [1.54, 1.807) is 18.2 Å². The fourth-order valence-electron chi connectivity index (χ4n) is 3.31. The first kappa shape index (κ1) is 19.4. The smallest absolute Gasteiger partial charge is 0.251 e. The van der Waals surface area contributed by atoms with E-state index in [0.717, 1.165) is 25.9 Å². The van der Waals surface area contributed by atoms with Crippen molar-refractivity contribution in [3.05, 3.63) is 34.9 Å². The van der Waals surface area contributed by atoms with E-state index in [-0.39, 0.29) is 28.7 Å². The summed E-state index contributed by atoms with van der Waals surface area (Å²) in [5.41, 5.74) is 13.1. The predicted octanol–water partition coefficient (Wildman–Crippen LogP) is 2.56. The van der Waals surface area contributed by atoms with Crippen molar-refractivity contribution >= 4 is 29.3 Å². The summed E-state index contributed by atoms with van der Waals surface area (Å²) in [6, 6.07) is 7.83. The van der Waals surface area contributed by atoms with Crippen molar-refractivity contribution in [3.63, 3.8) is 0 Å². The number of piperidine rings is 1. The molecule has 7 nitrogen and oxygen atoms in total. The lowest BCUT2D eigenvalue weighted by Gasteiger charge is -2.34. The molecule has 1 aliphatic rings. The Morgan fingerprint density at radius 2 is 1.96 bits per heavy atom. The monoisotopic (exact) mass is 388 g/mol. The number of aromatic nitrogens is 2. The summed E-state index contributed by atoms with van der Waals surface area (Å²) in [4.78, 5) is 23.1. The van der Waals surface area contributed by atoms with Crippen molar-refractivity contribution in [1.82, 2.24) is 20.2 Å². The third-order valence-corrected chi connectivity index (χ3v) is 5.26. The molecule has 8 heteroatoms. The summed E-state index contributed by atoms with van der Waals surface area (Å²) in [7, 11) is 0. The number of amides is 1. The second-order valence-corrected chi connectivity index (χ2v) is 7.47. The summed E-state index contributed by atoms with van der Waals surface area (Å²) in [5.74, 6) is 0.0515. The van der Waals surface area contributed by atoms with Crippen molar-refractivity contribution in [1.29, 1.82) is 0 Å². The Bertz CT molecular complexity index is 833. The van der Waals surface area contributed by atoms with Gasteiger partial charge < -0.3 is 21.7 Å². The number of rotatable bonds is 4. The van der Waals surface area contributed by atoms with Crippen molar-refractivity contribution in [2.75, 3.05) is 24.6 Å². The van der Waals surface area contributed by atoms with E-state index < -0.39 is 0 Å². The minimum atomic E-state index is -0.106. The molecule has 2 heterocycles. The van der Waals surface area contributed by atoms with Crippen LogP contribution in [0.1, 0.15) is 37.0 Å². The first-order valence-electron chi connectivity index (χ1n) is 9.09. The maximum absolute atomic E-state index is 12.7. The van der Waals surface area contributed by atoms with E-state index in [1.165, 1.54) is 0 Å². The number of anilines is 2. The van der Waals surface area contributed by atoms with Crippen molar-refractivity contribution in [2.24, 2.45) is 0 Å². The molecule has 0 unspecified atom stereocenters. The van der Waals surface area contributed by atoms with Gasteiger partial charge in [0.2, 0.25) is 5.95 Å². The fraction of sp³-hybridized carbons (Fsp3) is 0.421. The number of nitrogens with two attached hydrogens (primary N) is 2. The molecule has 1 fully saturated rings. The SMILES string of the molecule is CC(C)N1CCC(NC(=O)c2cccc(-c3nc(N)nc(N)c3Cl)c2)CC1. The number of hydrogen-bond donors (Lipinski definition) is 3. The average Bonchev–Trinajstić information content (AvgIpc) is 2.65. The van der Waals surface area contributed by atoms with Gasteiger partial charge in [-0.25, -0.2) is 4.98 Å². The van der Waals surface area contributed by atoms with Gasteiger partial charge in [-0.05, 0) is 38.8 Å². The van der Waals surface area contributed by atoms with Crippen LogP contribution in [0.25, 0.3) is 11.3 Å². The maximum Gasteiger partial charge on any atom is 0.251 e. The van der Waals surface area contributed by atoms with Crippen LogP contribution in [-0.4, -0.2) is 45.9 Å². The van der Waals surface area contributed by atoms with Crippen LogP contribution in [0.4, 0.5) is 11.8 Å². The van der Waals surface area contributed by atoms with Crippen LogP contribution in [0.2, 0.25) is 5.02 Å². The minimum absolute atomic E-state index is 0.0404. The van der Waals surface area contributed by atoms with E-state index in [2.05, 4.69) is 34.0 Å². The molecule has 0 saturated carbocycles. The molecular weight excluding hydrogens is 364 g/mol. The summed E-state index contributed by atoms with van der Waals surface area (Å²) in [6.45, 7) is 6.39. The fourth-order valence-corrected chi connectivity index (χ4v) is 3.50. The summed E-state index contributed by atoms with van der Waals surface area (Å²) in [5, 5.41) is 3.35. The van der Waals surface area contributed by atoms with E-state index in [9.17, 15) is 4.79 Å². The van der Waals surface area contributed by atoms with Gasteiger partial charge in [0.15, 0.2) is 0 Å². The van der Waals surface area contributed by atoms with E-state index in [4.69, 9.17) is 23.1 Å². The maximum atomic E-state index is 12.7. The van der Waals surface area contributed by atoms with E-state index in [0.29, 0.717) is 22.9 Å². The molecule has 1 aliphatic heterocycles. The van der Waals surface area contributed by atoms with Gasteiger partial charge >= 0.3 is 0 Å². The lowest BCUT2D eigenvalue weighted by Crippen LogP contribution is -2.46. The summed E-state index contributed by atoms with van der Waals surface area (Å²) < 4.78 is 0. The molecule has 0 atom stereocenters. The highest BCUT2D eigenvalue weighted by molar-refractivity contribution is 6.35. The highest BCUT2D eigenvalue weighted by Gasteiger charge is 2.22. The number of benzene rings is 1. The van der Waals surface area contributed by atoms with Gasteiger partial charge in [0.1, 0.15) is 10.8 Å². The molecule has 0 radical (unpaired) electrons. The number of nitrogens with zero attached hydrogens (tertiary/aromatic N) is 3. The highest BCUT2D eigenvalue weighted by Crippen LogP contribution is 2.30. The molecule has 5 N–H and O–H groups in total. The van der Waals surface area contributed by atoms with Gasteiger partial charge in [0, 0.05) is 36.3 Å². The van der Waals surface area contributed by atoms with Crippen LogP contribution < -0.4 is 16.8 Å². The van der Waals surface area contributed by atoms with Crippen LogP contribution >= 0.6 is 11.6 Å². The lowest BCUT2D eigenvalue weighted by atomic mass is 10.0. The zero-order chi connectivity index (χ0) is 19.6. The van der Waals surface area contributed by atoms with Crippen LogP contribution in [0.3, 0.4) is 0 Å². The van der Waals surface area contributed by atoms with E-state index in [1.807, 2.05) is 6.07 Å². The van der Waals surface area contributed by atoms with Gasteiger partial charge in [-0.1, -0.05) is 23.7 Å². The first-order valence-corrected chi connectivity index (χ1v) is 9.46. The minimum Gasteiger partial charge on any atom is -0.382 e. The Morgan fingerprint density at radius 1 is 1.26 bits per heavy atom. The molecule has 1 aromatic heterocycles. The molecule has 3 rings (SSSR count). The number of nitrogens with one attached hydrogen (secondary N) is 1. The van der Waals surface area contributed by atoms with Gasteiger partial charge in [-0.2, -0.15) is 4.98 Å². The summed E-state index contributed by atoms with van der Waals surface area (Å²) in [6.07, 6.45) is 1.91. The van der Waals surface area contributed by atoms with Crippen LogP contribution in [0.15, 0.2) is 24.3 Å². The van der Waals surface area contributed by atoms with Gasteiger partial charge in [0.25, 0.3) is 5.91 Å². The Labute approximate surface area is 164 Å². The zero-order valence-electron chi connectivity index (χ0n) is 15.6. The number of hydrogen-bond acceptors (Lipinski definition) is 6. The molecule has 2 aromatic rings. The Morgan fingerprint density at radius 3 is 2.63 bits per heavy atom. The zero-order valence-corrected chi connectivity index (χ0v) is 16.3. The first-order chi connectivity index (χ1) is 12.8. The largest absolute Gasteiger partial charge is 0.382 e. The Hall–Kier alpha value is -2.38. The van der Waals surface area contributed by atoms with Crippen LogP contribution in [-0.2, 0) is 0 Å². The number of nitrogen functional groups attached to an aromatic ring is 2. The molecule has 27 heavy (non-hydrogen) atoms.